The molecule has 2 N–H and O–H groups in total. The Morgan fingerprint density at radius 1 is 1.32 bits per heavy atom. The van der Waals surface area contributed by atoms with Crippen molar-refractivity contribution in [2.75, 3.05) is 13.1 Å². The second kappa shape index (κ2) is 7.78. The Labute approximate surface area is 121 Å². The maximum absolute atomic E-state index is 11.9. The summed E-state index contributed by atoms with van der Waals surface area (Å²) in [6, 6.07) is -0.220. The Hall–Kier alpha value is -0.710. The molecule has 19 heavy (non-hydrogen) atoms. The van der Waals surface area contributed by atoms with Crippen molar-refractivity contribution in [1.82, 2.24) is 10.6 Å². The molecule has 2 atom stereocenters. The van der Waals surface area contributed by atoms with Crippen LogP contribution < -0.4 is 10.6 Å². The highest BCUT2D eigenvalue weighted by atomic mass is 32.2. The number of carbonyl (C=O) groups is 1. The van der Waals surface area contributed by atoms with E-state index in [4.69, 9.17) is 0 Å². The van der Waals surface area contributed by atoms with E-state index in [9.17, 15) is 4.79 Å². The summed E-state index contributed by atoms with van der Waals surface area (Å²) in [7, 11) is 0. The van der Waals surface area contributed by atoms with E-state index >= 15 is 0 Å². The lowest BCUT2D eigenvalue weighted by Crippen LogP contribution is -2.44. The fraction of sp³-hybridized carbons (Fsp3) is 0.857. The average molecular weight is 285 g/mol. The molecule has 1 aliphatic heterocycles. The smallest absolute Gasteiger partial charge is 0.242 e. The maximum atomic E-state index is 11.9. The highest BCUT2D eigenvalue weighted by Crippen LogP contribution is 2.25. The van der Waals surface area contributed by atoms with Crippen molar-refractivity contribution in [2.24, 2.45) is 16.8 Å². The van der Waals surface area contributed by atoms with Gasteiger partial charge in [0.1, 0.15) is 6.04 Å². The lowest BCUT2D eigenvalue weighted by molar-refractivity contribution is -0.122. The van der Waals surface area contributed by atoms with Crippen molar-refractivity contribution in [1.29, 1.82) is 0 Å². The van der Waals surface area contributed by atoms with Crippen LogP contribution >= 0.6 is 11.8 Å². The molecule has 1 heterocycles. The third kappa shape index (κ3) is 6.32. The van der Waals surface area contributed by atoms with Crippen LogP contribution in [0.1, 0.15) is 41.0 Å². The van der Waals surface area contributed by atoms with E-state index in [0.29, 0.717) is 17.1 Å². The number of hydrogen-bond acceptors (Lipinski definition) is 4. The summed E-state index contributed by atoms with van der Waals surface area (Å²) in [6.45, 7) is 12.1. The van der Waals surface area contributed by atoms with Crippen molar-refractivity contribution < 1.29 is 4.79 Å². The zero-order valence-corrected chi connectivity index (χ0v) is 13.5. The quantitative estimate of drug-likeness (QED) is 0.787. The summed E-state index contributed by atoms with van der Waals surface area (Å²) in [6.07, 6.45) is 1.17. The number of amides is 1. The van der Waals surface area contributed by atoms with Crippen molar-refractivity contribution >= 4 is 22.8 Å². The standard InChI is InChI=1S/C14H27N3OS/c1-9(2)6-12-8-16-14(19-12)17-11(5)13(18)15-7-10(3)4/h9-12H,6-8H2,1-5H3,(H,15,18)(H,16,17). The van der Waals surface area contributed by atoms with Crippen LogP contribution in [0.5, 0.6) is 0 Å². The van der Waals surface area contributed by atoms with Gasteiger partial charge in [-0.05, 0) is 25.2 Å². The van der Waals surface area contributed by atoms with Gasteiger partial charge in [-0.1, -0.05) is 39.5 Å². The molecule has 5 heteroatoms. The fourth-order valence-corrected chi connectivity index (χ4v) is 3.19. The minimum atomic E-state index is -0.220. The summed E-state index contributed by atoms with van der Waals surface area (Å²) in [5, 5.41) is 7.62. The van der Waals surface area contributed by atoms with Gasteiger partial charge < -0.3 is 10.6 Å². The number of hydrogen-bond donors (Lipinski definition) is 2. The predicted molar refractivity (Wildman–Crippen MR) is 83.6 cm³/mol. The number of rotatable bonds is 6. The van der Waals surface area contributed by atoms with Crippen LogP contribution in [-0.2, 0) is 4.79 Å². The molecule has 0 saturated heterocycles. The van der Waals surface area contributed by atoms with E-state index in [1.165, 1.54) is 6.42 Å². The molecule has 1 aliphatic rings. The second-order valence-corrected chi connectivity index (χ2v) is 7.31. The second-order valence-electron chi connectivity index (χ2n) is 6.02. The van der Waals surface area contributed by atoms with Crippen LogP contribution in [0.4, 0.5) is 0 Å². The van der Waals surface area contributed by atoms with Crippen LogP contribution in [0, 0.1) is 11.8 Å². The normalized spacial score (nSPS) is 20.6. The Bertz CT molecular complexity index is 329. The molecule has 0 aliphatic carbocycles. The third-order valence-electron chi connectivity index (χ3n) is 2.87. The van der Waals surface area contributed by atoms with Crippen LogP contribution in [-0.4, -0.2) is 35.5 Å². The summed E-state index contributed by atoms with van der Waals surface area (Å²) < 4.78 is 0. The van der Waals surface area contributed by atoms with Gasteiger partial charge in [0.2, 0.25) is 5.91 Å². The van der Waals surface area contributed by atoms with Gasteiger partial charge in [-0.3, -0.25) is 9.79 Å². The molecule has 4 nitrogen and oxygen atoms in total. The number of nitrogens with zero attached hydrogens (tertiary/aromatic N) is 1. The van der Waals surface area contributed by atoms with Crippen LogP contribution in [0.3, 0.4) is 0 Å². The monoisotopic (exact) mass is 285 g/mol. The first kappa shape index (κ1) is 16.3. The van der Waals surface area contributed by atoms with Crippen LogP contribution in [0.2, 0.25) is 0 Å². The number of nitrogens with one attached hydrogen (secondary N) is 2. The average Bonchev–Trinajstić information content (AvgIpc) is 2.72. The number of thioether (sulfide) groups is 1. The lowest BCUT2D eigenvalue weighted by atomic mass is 10.1. The Morgan fingerprint density at radius 3 is 2.58 bits per heavy atom. The minimum absolute atomic E-state index is 0.0457. The Morgan fingerprint density at radius 2 is 2.00 bits per heavy atom. The highest BCUT2D eigenvalue weighted by Gasteiger charge is 2.23. The zero-order chi connectivity index (χ0) is 14.4. The van der Waals surface area contributed by atoms with E-state index in [1.54, 1.807) is 11.8 Å². The van der Waals surface area contributed by atoms with Crippen molar-refractivity contribution in [2.45, 2.75) is 52.3 Å². The van der Waals surface area contributed by atoms with Crippen molar-refractivity contribution in [3.63, 3.8) is 0 Å². The van der Waals surface area contributed by atoms with E-state index in [-0.39, 0.29) is 11.9 Å². The summed E-state index contributed by atoms with van der Waals surface area (Å²) in [5.41, 5.74) is 0. The lowest BCUT2D eigenvalue weighted by Gasteiger charge is -2.16. The van der Waals surface area contributed by atoms with Gasteiger partial charge in [-0.25, -0.2) is 0 Å². The molecular formula is C14H27N3OS. The van der Waals surface area contributed by atoms with E-state index in [1.807, 2.05) is 6.92 Å². The van der Waals surface area contributed by atoms with Gasteiger partial charge in [0.15, 0.2) is 5.17 Å². The Balaban J connectivity index is 2.29. The van der Waals surface area contributed by atoms with Gasteiger partial charge in [0.05, 0.1) is 6.54 Å². The highest BCUT2D eigenvalue weighted by molar-refractivity contribution is 8.14. The van der Waals surface area contributed by atoms with Gasteiger partial charge >= 0.3 is 0 Å². The molecule has 0 aromatic heterocycles. The summed E-state index contributed by atoms with van der Waals surface area (Å²) in [4.78, 5) is 16.3. The zero-order valence-electron chi connectivity index (χ0n) is 12.7. The van der Waals surface area contributed by atoms with E-state index in [2.05, 4.69) is 43.3 Å². The van der Waals surface area contributed by atoms with Gasteiger partial charge in [0, 0.05) is 11.8 Å². The molecule has 0 radical (unpaired) electrons. The van der Waals surface area contributed by atoms with Crippen LogP contribution in [0.15, 0.2) is 4.99 Å². The predicted octanol–water partition coefficient (Wildman–Crippen LogP) is 2.25. The molecule has 1 rings (SSSR count). The largest absolute Gasteiger partial charge is 0.354 e. The van der Waals surface area contributed by atoms with Gasteiger partial charge in [-0.15, -0.1) is 0 Å². The number of aliphatic imine (C=N–C) groups is 1. The van der Waals surface area contributed by atoms with E-state index < -0.39 is 0 Å². The van der Waals surface area contributed by atoms with Crippen molar-refractivity contribution in [3.8, 4) is 0 Å². The molecule has 0 fully saturated rings. The first-order valence-electron chi connectivity index (χ1n) is 7.13. The molecule has 0 aromatic rings. The minimum Gasteiger partial charge on any atom is -0.354 e. The molecule has 0 spiro atoms. The molecule has 1 amide bonds. The first-order valence-corrected chi connectivity index (χ1v) is 8.01. The molecule has 110 valence electrons. The summed E-state index contributed by atoms with van der Waals surface area (Å²) in [5.74, 6) is 1.22. The van der Waals surface area contributed by atoms with Gasteiger partial charge in [0.25, 0.3) is 0 Å². The van der Waals surface area contributed by atoms with Crippen molar-refractivity contribution in [3.05, 3.63) is 0 Å². The summed E-state index contributed by atoms with van der Waals surface area (Å²) >= 11 is 1.77. The van der Waals surface area contributed by atoms with E-state index in [0.717, 1.165) is 18.3 Å². The molecular weight excluding hydrogens is 258 g/mol. The SMILES string of the molecule is CC(C)CNC(=O)C(C)NC1=NCC(CC(C)C)S1. The Kier molecular flexibility index (Phi) is 6.69. The fourth-order valence-electron chi connectivity index (χ4n) is 1.85. The number of amidine groups is 1. The molecule has 2 unspecified atom stereocenters. The molecule has 0 saturated carbocycles. The maximum Gasteiger partial charge on any atom is 0.242 e. The van der Waals surface area contributed by atoms with Crippen LogP contribution in [0.25, 0.3) is 0 Å². The molecule has 0 bridgehead atoms. The first-order chi connectivity index (χ1) is 8.88. The third-order valence-corrected chi connectivity index (χ3v) is 4.01. The van der Waals surface area contributed by atoms with Gasteiger partial charge in [-0.2, -0.15) is 0 Å². The molecule has 0 aromatic carbocycles. The number of carbonyl (C=O) groups excluding carboxylic acids is 1. The topological polar surface area (TPSA) is 53.5 Å².